The molecule has 9 heavy (non-hydrogen) atoms. The summed E-state index contributed by atoms with van der Waals surface area (Å²) in [4.78, 5) is 23.8. The van der Waals surface area contributed by atoms with Crippen molar-refractivity contribution in [2.45, 2.75) is 0 Å². The first-order chi connectivity index (χ1) is 3.97. The van der Waals surface area contributed by atoms with E-state index in [-0.39, 0.29) is 6.47 Å². The highest BCUT2D eigenvalue weighted by molar-refractivity contribution is 7.46. The van der Waals surface area contributed by atoms with Gasteiger partial charge in [-0.2, -0.15) is 0 Å². The van der Waals surface area contributed by atoms with Crippen molar-refractivity contribution in [2.24, 2.45) is 0 Å². The normalized spacial score (nSPS) is 9.22. The summed E-state index contributed by atoms with van der Waals surface area (Å²) in [5, 5.41) is 6.89. The van der Waals surface area contributed by atoms with Gasteiger partial charge in [0.05, 0.1) is 0 Å². The Morgan fingerprint density at radius 2 is 1.67 bits per heavy atom. The largest absolute Gasteiger partial charge is 0.483 e. The third-order valence-corrected chi connectivity index (χ3v) is 0.714. The molecule has 3 N–H and O–H groups in total. The van der Waals surface area contributed by atoms with Crippen LogP contribution >= 0.6 is 7.82 Å². The lowest BCUT2D eigenvalue weighted by atomic mass is 11.7. The van der Waals surface area contributed by atoms with Crippen molar-refractivity contribution in [2.75, 3.05) is 7.11 Å². The Bertz CT molecular complexity index is 104. The van der Waals surface area contributed by atoms with Gasteiger partial charge in [-0.1, -0.05) is 0 Å². The smallest absolute Gasteiger partial charge is 0.469 e. The molecule has 0 aromatic heterocycles. The number of carbonyl (C=O) groups is 1. The zero-order valence-corrected chi connectivity index (χ0v) is 5.49. The molecule has 0 aliphatic carbocycles. The minimum atomic E-state index is -4.15. The minimum absolute atomic E-state index is 0.250. The van der Waals surface area contributed by atoms with Gasteiger partial charge in [0.1, 0.15) is 0 Å². The van der Waals surface area contributed by atoms with Crippen LogP contribution in [0.4, 0.5) is 0 Å². The molecule has 0 saturated heterocycles. The number of carboxylic acid groups (broad SMARTS) is 1. The van der Waals surface area contributed by atoms with Crippen LogP contribution in [0.15, 0.2) is 0 Å². The molecule has 6 nitrogen and oxygen atoms in total. The van der Waals surface area contributed by atoms with E-state index in [0.29, 0.717) is 0 Å². The topological polar surface area (TPSA) is 104 Å². The first kappa shape index (κ1) is 11.4. The van der Waals surface area contributed by atoms with Crippen LogP contribution in [0, 0.1) is 0 Å². The quantitative estimate of drug-likeness (QED) is 0.348. The Labute approximate surface area is 51.3 Å². The van der Waals surface area contributed by atoms with Crippen molar-refractivity contribution in [1.82, 2.24) is 0 Å². The van der Waals surface area contributed by atoms with Crippen LogP contribution < -0.4 is 0 Å². The molecule has 0 bridgehead atoms. The molecule has 0 aliphatic heterocycles. The fourth-order valence-electron chi connectivity index (χ4n) is 0. The van der Waals surface area contributed by atoms with Gasteiger partial charge in [0, 0.05) is 7.11 Å². The van der Waals surface area contributed by atoms with E-state index in [2.05, 4.69) is 4.52 Å². The van der Waals surface area contributed by atoms with Crippen molar-refractivity contribution in [3.63, 3.8) is 0 Å². The van der Waals surface area contributed by atoms with E-state index in [1.54, 1.807) is 0 Å². The Balaban J connectivity index is 0. The molecule has 0 atom stereocenters. The predicted molar refractivity (Wildman–Crippen MR) is 27.7 cm³/mol. The number of phosphoric acid groups is 1. The number of hydrogen-bond donors (Lipinski definition) is 3. The molecule has 0 heterocycles. The highest BCUT2D eigenvalue weighted by atomic mass is 31.2. The van der Waals surface area contributed by atoms with E-state index < -0.39 is 7.82 Å². The van der Waals surface area contributed by atoms with Crippen LogP contribution in [0.5, 0.6) is 0 Å². The fraction of sp³-hybridized carbons (Fsp3) is 0.500. The van der Waals surface area contributed by atoms with Crippen molar-refractivity contribution in [3.05, 3.63) is 0 Å². The molecule has 0 spiro atoms. The second-order valence-electron chi connectivity index (χ2n) is 0.779. The van der Waals surface area contributed by atoms with Gasteiger partial charge in [-0.25, -0.2) is 4.57 Å². The van der Waals surface area contributed by atoms with E-state index in [1.807, 2.05) is 0 Å². The molecule has 0 aromatic carbocycles. The molecule has 0 rings (SSSR count). The lowest BCUT2D eigenvalue weighted by Crippen LogP contribution is -1.76. The number of hydrogen-bond acceptors (Lipinski definition) is 3. The second-order valence-corrected chi connectivity index (χ2v) is 2.12. The molecular weight excluding hydrogens is 151 g/mol. The molecule has 0 unspecified atom stereocenters. The Morgan fingerprint density at radius 1 is 1.56 bits per heavy atom. The summed E-state index contributed by atoms with van der Waals surface area (Å²) < 4.78 is 13.1. The second kappa shape index (κ2) is 5.71. The van der Waals surface area contributed by atoms with Crippen LogP contribution in [0.2, 0.25) is 0 Å². The standard InChI is InChI=1S/CH5O4P.CH2O2/c1-5-6(2,3)4;2-1-3/h1H3,(H2,2,3,4);1H,(H,2,3). The van der Waals surface area contributed by atoms with Gasteiger partial charge in [0.25, 0.3) is 6.47 Å². The summed E-state index contributed by atoms with van der Waals surface area (Å²) in [6.07, 6.45) is 0. The van der Waals surface area contributed by atoms with Gasteiger partial charge in [0.15, 0.2) is 0 Å². The number of phosphoric ester groups is 1. The van der Waals surface area contributed by atoms with E-state index in [1.165, 1.54) is 0 Å². The maximum atomic E-state index is 9.47. The van der Waals surface area contributed by atoms with Crippen molar-refractivity contribution < 1.29 is 28.8 Å². The van der Waals surface area contributed by atoms with Crippen LogP contribution in [0.3, 0.4) is 0 Å². The maximum Gasteiger partial charge on any atom is 0.469 e. The van der Waals surface area contributed by atoms with Gasteiger partial charge in [0.2, 0.25) is 0 Å². The van der Waals surface area contributed by atoms with E-state index >= 15 is 0 Å². The van der Waals surface area contributed by atoms with E-state index in [0.717, 1.165) is 7.11 Å². The first-order valence-corrected chi connectivity index (χ1v) is 3.20. The van der Waals surface area contributed by atoms with Crippen LogP contribution in [-0.4, -0.2) is 28.5 Å². The summed E-state index contributed by atoms with van der Waals surface area (Å²) in [7, 11) is -3.20. The summed E-state index contributed by atoms with van der Waals surface area (Å²) in [5.41, 5.74) is 0. The number of rotatable bonds is 1. The molecule has 0 fully saturated rings. The summed E-state index contributed by atoms with van der Waals surface area (Å²) in [6.45, 7) is -0.250. The van der Waals surface area contributed by atoms with Crippen LogP contribution in [0.1, 0.15) is 0 Å². The zero-order valence-electron chi connectivity index (χ0n) is 4.59. The molecule has 0 amide bonds. The molecule has 7 heteroatoms. The predicted octanol–water partition coefficient (Wildman–Crippen LogP) is -0.574. The van der Waals surface area contributed by atoms with Gasteiger partial charge in [-0.15, -0.1) is 0 Å². The Kier molecular flexibility index (Phi) is 7.23. The van der Waals surface area contributed by atoms with Crippen molar-refractivity contribution in [3.8, 4) is 0 Å². The van der Waals surface area contributed by atoms with Crippen LogP contribution in [-0.2, 0) is 13.9 Å². The van der Waals surface area contributed by atoms with E-state index in [9.17, 15) is 4.57 Å². The lowest BCUT2D eigenvalue weighted by Gasteiger charge is -1.93. The highest BCUT2D eigenvalue weighted by Crippen LogP contribution is 2.33. The van der Waals surface area contributed by atoms with Crippen molar-refractivity contribution in [1.29, 1.82) is 0 Å². The van der Waals surface area contributed by atoms with Crippen LogP contribution in [0.25, 0.3) is 0 Å². The first-order valence-electron chi connectivity index (χ1n) is 1.67. The van der Waals surface area contributed by atoms with E-state index in [4.69, 9.17) is 19.7 Å². The summed E-state index contributed by atoms with van der Waals surface area (Å²) in [5.74, 6) is 0. The SMILES string of the molecule is COP(=O)(O)O.O=CO. The lowest BCUT2D eigenvalue weighted by molar-refractivity contribution is -0.122. The maximum absolute atomic E-state index is 9.47. The Morgan fingerprint density at radius 3 is 1.67 bits per heavy atom. The molecule has 0 saturated carbocycles. The summed E-state index contributed by atoms with van der Waals surface area (Å²) >= 11 is 0. The van der Waals surface area contributed by atoms with Gasteiger partial charge in [-0.05, 0) is 0 Å². The molecule has 0 aliphatic rings. The molecule has 0 radical (unpaired) electrons. The molecule has 0 aromatic rings. The highest BCUT2D eigenvalue weighted by Gasteiger charge is 2.07. The van der Waals surface area contributed by atoms with Gasteiger partial charge < -0.3 is 14.9 Å². The summed E-state index contributed by atoms with van der Waals surface area (Å²) in [6, 6.07) is 0. The molecule has 56 valence electrons. The average Bonchev–Trinajstić information content (AvgIpc) is 1.67. The monoisotopic (exact) mass is 158 g/mol. The van der Waals surface area contributed by atoms with Gasteiger partial charge in [-0.3, -0.25) is 9.32 Å². The third-order valence-electron chi connectivity index (χ3n) is 0.238. The third kappa shape index (κ3) is 35.5. The Hall–Kier alpha value is -0.420. The molecular formula is C2H7O6P. The minimum Gasteiger partial charge on any atom is -0.483 e. The van der Waals surface area contributed by atoms with Crippen molar-refractivity contribution >= 4 is 14.3 Å². The average molecular weight is 158 g/mol. The zero-order chi connectivity index (χ0) is 7.91. The fourth-order valence-corrected chi connectivity index (χ4v) is 0. The van der Waals surface area contributed by atoms with Gasteiger partial charge >= 0.3 is 7.82 Å².